The van der Waals surface area contributed by atoms with Gasteiger partial charge in [-0.05, 0) is 12.5 Å². The molecule has 2 unspecified atom stereocenters. The van der Waals surface area contributed by atoms with Gasteiger partial charge in [-0.3, -0.25) is 4.90 Å². The molecule has 2 rings (SSSR count). The number of carboxylic acids is 1. The molecule has 1 aromatic rings. The monoisotopic (exact) mass is 312 g/mol. The average molecular weight is 312 g/mol. The van der Waals surface area contributed by atoms with Gasteiger partial charge in [0, 0.05) is 18.4 Å². The molecule has 6 nitrogen and oxygen atoms in total. The van der Waals surface area contributed by atoms with Gasteiger partial charge in [-0.2, -0.15) is 0 Å². The zero-order valence-corrected chi connectivity index (χ0v) is 13.0. The molecule has 0 radical (unpaired) electrons. The third-order valence-electron chi connectivity index (χ3n) is 3.46. The molecule has 1 aliphatic heterocycles. The smallest absolute Gasteiger partial charge is 0.327 e. The van der Waals surface area contributed by atoms with E-state index in [9.17, 15) is 14.7 Å². The highest BCUT2D eigenvalue weighted by Crippen LogP contribution is 2.33. The summed E-state index contributed by atoms with van der Waals surface area (Å²) in [5.74, 6) is -0.489. The number of furan rings is 1. The van der Waals surface area contributed by atoms with Crippen LogP contribution in [0.4, 0.5) is 4.79 Å². The Morgan fingerprint density at radius 2 is 2.33 bits per heavy atom. The Balaban J connectivity index is 2.10. The van der Waals surface area contributed by atoms with E-state index >= 15 is 0 Å². The van der Waals surface area contributed by atoms with Crippen molar-refractivity contribution in [1.82, 2.24) is 9.80 Å². The van der Waals surface area contributed by atoms with Crippen molar-refractivity contribution in [1.29, 1.82) is 0 Å². The van der Waals surface area contributed by atoms with Gasteiger partial charge in [-0.1, -0.05) is 13.3 Å². The number of aliphatic carboxylic acids is 1. The molecular weight excluding hydrogens is 292 g/mol. The van der Waals surface area contributed by atoms with Crippen molar-refractivity contribution in [2.45, 2.75) is 37.7 Å². The maximum Gasteiger partial charge on any atom is 0.327 e. The maximum absolute atomic E-state index is 12.6. The Morgan fingerprint density at radius 3 is 2.90 bits per heavy atom. The lowest BCUT2D eigenvalue weighted by Gasteiger charge is -2.31. The Hall–Kier alpha value is -1.63. The first-order valence-corrected chi connectivity index (χ1v) is 7.98. The number of nitrogens with zero attached hydrogens (tertiary/aromatic N) is 2. The number of urea groups is 1. The van der Waals surface area contributed by atoms with Crippen LogP contribution < -0.4 is 0 Å². The summed E-state index contributed by atoms with van der Waals surface area (Å²) >= 11 is 1.54. The van der Waals surface area contributed by atoms with Crippen LogP contribution >= 0.6 is 11.8 Å². The summed E-state index contributed by atoms with van der Waals surface area (Å²) in [5.41, 5.74) is 0.886. The number of carbonyl (C=O) groups excluding carboxylic acids is 1. The summed E-state index contributed by atoms with van der Waals surface area (Å²) in [7, 11) is 1.68. The van der Waals surface area contributed by atoms with Crippen molar-refractivity contribution in [2.24, 2.45) is 0 Å². The average Bonchev–Trinajstić information content (AvgIpc) is 3.07. The summed E-state index contributed by atoms with van der Waals surface area (Å²) < 4.78 is 4.99. The quantitative estimate of drug-likeness (QED) is 0.904. The molecule has 7 heteroatoms. The third-order valence-corrected chi connectivity index (χ3v) is 4.82. The van der Waals surface area contributed by atoms with E-state index in [1.165, 1.54) is 9.80 Å². The normalized spacial score (nSPS) is 21.5. The first kappa shape index (κ1) is 15.8. The second kappa shape index (κ2) is 6.89. The van der Waals surface area contributed by atoms with Gasteiger partial charge in [-0.25, -0.2) is 9.59 Å². The number of rotatable bonds is 5. The molecular formula is C14H20N2O4S. The molecule has 21 heavy (non-hydrogen) atoms. The summed E-state index contributed by atoms with van der Waals surface area (Å²) in [4.78, 5) is 27.0. The minimum atomic E-state index is -0.939. The number of carbonyl (C=O) groups is 2. The molecule has 1 aliphatic rings. The van der Waals surface area contributed by atoms with Gasteiger partial charge >= 0.3 is 12.0 Å². The highest BCUT2D eigenvalue weighted by atomic mass is 32.2. The zero-order chi connectivity index (χ0) is 15.4. The first-order valence-electron chi connectivity index (χ1n) is 6.93. The van der Waals surface area contributed by atoms with Gasteiger partial charge in [0.1, 0.15) is 6.04 Å². The van der Waals surface area contributed by atoms with Crippen LogP contribution in [0.2, 0.25) is 0 Å². The first-order chi connectivity index (χ1) is 10.0. The fraction of sp³-hybridized carbons (Fsp3) is 0.571. The van der Waals surface area contributed by atoms with E-state index in [0.717, 1.165) is 18.4 Å². The van der Waals surface area contributed by atoms with E-state index < -0.39 is 12.0 Å². The molecule has 0 aliphatic carbocycles. The lowest BCUT2D eigenvalue weighted by atomic mass is 10.2. The molecule has 0 spiro atoms. The standard InChI is InChI=1S/C14H20N2O4S/c1-3-4-12-16(11(9-21-12)13(17)18)14(19)15(2)7-10-5-6-20-8-10/h5-6,8,11-12H,3-4,7,9H2,1-2H3,(H,17,18). The van der Waals surface area contributed by atoms with Crippen LogP contribution in [0.3, 0.4) is 0 Å². The topological polar surface area (TPSA) is 74.0 Å². The lowest BCUT2D eigenvalue weighted by Crippen LogP contribution is -2.50. The molecule has 1 fully saturated rings. The summed E-state index contributed by atoms with van der Waals surface area (Å²) in [6, 6.07) is 0.804. The van der Waals surface area contributed by atoms with Gasteiger partial charge in [0.15, 0.2) is 0 Å². The van der Waals surface area contributed by atoms with Gasteiger partial charge in [0.05, 0.1) is 24.4 Å². The molecule has 2 amide bonds. The predicted molar refractivity (Wildman–Crippen MR) is 80.0 cm³/mol. The number of carboxylic acid groups (broad SMARTS) is 1. The van der Waals surface area contributed by atoms with E-state index in [2.05, 4.69) is 0 Å². The van der Waals surface area contributed by atoms with Gasteiger partial charge < -0.3 is 14.4 Å². The lowest BCUT2D eigenvalue weighted by molar-refractivity contribution is -0.141. The Labute approximate surface area is 128 Å². The van der Waals surface area contributed by atoms with Crippen LogP contribution in [-0.4, -0.2) is 51.1 Å². The number of amides is 2. The van der Waals surface area contributed by atoms with Crippen LogP contribution in [0, 0.1) is 0 Å². The van der Waals surface area contributed by atoms with Crippen LogP contribution in [0.15, 0.2) is 23.0 Å². The molecule has 2 heterocycles. The number of hydrogen-bond donors (Lipinski definition) is 1. The third kappa shape index (κ3) is 3.53. The predicted octanol–water partition coefficient (Wildman–Crippen LogP) is 2.46. The highest BCUT2D eigenvalue weighted by Gasteiger charge is 2.42. The molecule has 0 saturated carbocycles. The van der Waals surface area contributed by atoms with Crippen LogP contribution in [-0.2, 0) is 11.3 Å². The Morgan fingerprint density at radius 1 is 1.57 bits per heavy atom. The molecule has 2 atom stereocenters. The number of hydrogen-bond acceptors (Lipinski definition) is 4. The van der Waals surface area contributed by atoms with Crippen molar-refractivity contribution in [3.8, 4) is 0 Å². The van der Waals surface area contributed by atoms with E-state index in [4.69, 9.17) is 4.42 Å². The minimum absolute atomic E-state index is 0.0598. The second-order valence-corrected chi connectivity index (χ2v) is 6.32. The molecule has 1 aromatic heterocycles. The molecule has 116 valence electrons. The summed E-state index contributed by atoms with van der Waals surface area (Å²) in [5, 5.41) is 9.26. The van der Waals surface area contributed by atoms with Crippen LogP contribution in [0.5, 0.6) is 0 Å². The van der Waals surface area contributed by atoms with E-state index in [0.29, 0.717) is 12.3 Å². The molecule has 1 saturated heterocycles. The molecule has 1 N–H and O–H groups in total. The summed E-state index contributed by atoms with van der Waals surface area (Å²) in [6.07, 6.45) is 4.86. The zero-order valence-electron chi connectivity index (χ0n) is 12.2. The van der Waals surface area contributed by atoms with Crippen molar-refractivity contribution in [2.75, 3.05) is 12.8 Å². The van der Waals surface area contributed by atoms with Crippen molar-refractivity contribution in [3.63, 3.8) is 0 Å². The largest absolute Gasteiger partial charge is 0.480 e. The highest BCUT2D eigenvalue weighted by molar-refractivity contribution is 8.00. The molecule has 0 bridgehead atoms. The van der Waals surface area contributed by atoms with Crippen molar-refractivity contribution in [3.05, 3.63) is 24.2 Å². The SMILES string of the molecule is CCCC1SCC(C(=O)O)N1C(=O)N(C)Cc1ccoc1. The maximum atomic E-state index is 12.6. The Bertz CT molecular complexity index is 491. The second-order valence-electron chi connectivity index (χ2n) is 5.11. The molecule has 0 aromatic carbocycles. The Kier molecular flexibility index (Phi) is 5.17. The van der Waals surface area contributed by atoms with E-state index in [-0.39, 0.29) is 11.4 Å². The fourth-order valence-corrected chi connectivity index (χ4v) is 3.91. The fourth-order valence-electron chi connectivity index (χ4n) is 2.40. The number of thioether (sulfide) groups is 1. The van der Waals surface area contributed by atoms with Crippen molar-refractivity contribution >= 4 is 23.8 Å². The van der Waals surface area contributed by atoms with Gasteiger partial charge in [-0.15, -0.1) is 11.8 Å². The van der Waals surface area contributed by atoms with Gasteiger partial charge in [0.25, 0.3) is 0 Å². The van der Waals surface area contributed by atoms with Crippen LogP contribution in [0.1, 0.15) is 25.3 Å². The van der Waals surface area contributed by atoms with E-state index in [1.807, 2.05) is 6.92 Å². The minimum Gasteiger partial charge on any atom is -0.480 e. The van der Waals surface area contributed by atoms with Crippen molar-refractivity contribution < 1.29 is 19.1 Å². The summed E-state index contributed by atoms with van der Waals surface area (Å²) in [6.45, 7) is 2.44. The van der Waals surface area contributed by atoms with Gasteiger partial charge in [0.2, 0.25) is 0 Å². The van der Waals surface area contributed by atoms with E-state index in [1.54, 1.807) is 37.4 Å². The van der Waals surface area contributed by atoms with Crippen LogP contribution in [0.25, 0.3) is 0 Å².